The molecule has 5 nitrogen and oxygen atoms in total. The van der Waals surface area contributed by atoms with Gasteiger partial charge in [0.2, 0.25) is 0 Å². The molecule has 4 N–H and O–H groups in total. The van der Waals surface area contributed by atoms with E-state index in [1.807, 2.05) is 0 Å². The smallest absolute Gasteiger partial charge is 0.182 e. The summed E-state index contributed by atoms with van der Waals surface area (Å²) in [6.45, 7) is 6.81. The number of allylic oxidation sites excluding steroid dienone is 1. The summed E-state index contributed by atoms with van der Waals surface area (Å²) in [4.78, 5) is 0. The first-order valence-corrected chi connectivity index (χ1v) is 12.2. The van der Waals surface area contributed by atoms with E-state index >= 15 is 0 Å². The van der Waals surface area contributed by atoms with Crippen LogP contribution >= 0.6 is 0 Å². The molecular formula is C25H40O5. The third kappa shape index (κ3) is 3.07. The Bertz CT molecular complexity index is 708. The van der Waals surface area contributed by atoms with Crippen molar-refractivity contribution in [2.75, 3.05) is 0 Å². The maximum absolute atomic E-state index is 11.5. The van der Waals surface area contributed by atoms with Crippen LogP contribution in [-0.4, -0.2) is 51.1 Å². The number of aliphatic hydroxyl groups is 4. The van der Waals surface area contributed by atoms with E-state index in [1.54, 1.807) is 0 Å². The molecule has 1 heterocycles. The quantitative estimate of drug-likeness (QED) is 0.416. The van der Waals surface area contributed by atoms with Crippen molar-refractivity contribution < 1.29 is 25.2 Å². The summed E-state index contributed by atoms with van der Waals surface area (Å²) in [6.07, 6.45) is 7.69. The number of epoxide rings is 1. The molecule has 0 bridgehead atoms. The molecule has 0 aromatic heterocycles. The van der Waals surface area contributed by atoms with Crippen LogP contribution in [0.15, 0.2) is 11.6 Å². The molecule has 1 aliphatic heterocycles. The van der Waals surface area contributed by atoms with Crippen LogP contribution in [0, 0.1) is 40.4 Å². The van der Waals surface area contributed by atoms with Gasteiger partial charge in [-0.3, -0.25) is 0 Å². The van der Waals surface area contributed by atoms with Crippen molar-refractivity contribution in [3.8, 4) is 0 Å². The van der Waals surface area contributed by atoms with Crippen molar-refractivity contribution in [3.05, 3.63) is 11.6 Å². The summed E-state index contributed by atoms with van der Waals surface area (Å²) in [5.41, 5.74) is 1.21. The zero-order valence-corrected chi connectivity index (χ0v) is 18.7. The summed E-state index contributed by atoms with van der Waals surface area (Å²) >= 11 is 0. The molecule has 0 spiro atoms. The molecule has 5 heteroatoms. The minimum atomic E-state index is -0.609. The topological polar surface area (TPSA) is 93.5 Å². The van der Waals surface area contributed by atoms with Gasteiger partial charge in [0.25, 0.3) is 0 Å². The van der Waals surface area contributed by atoms with Gasteiger partial charge < -0.3 is 25.2 Å². The zero-order chi connectivity index (χ0) is 21.4. The van der Waals surface area contributed by atoms with Crippen molar-refractivity contribution in [3.63, 3.8) is 0 Å². The minimum Gasteiger partial charge on any atom is -0.393 e. The normalized spacial score (nSPS) is 58.0. The van der Waals surface area contributed by atoms with Gasteiger partial charge in [0.1, 0.15) is 6.10 Å². The number of hydrogen-bond acceptors (Lipinski definition) is 5. The molecule has 1 saturated heterocycles. The number of rotatable bonds is 3. The second-order valence-corrected chi connectivity index (χ2v) is 11.7. The number of ether oxygens (including phenoxy) is 1. The van der Waals surface area contributed by atoms with Crippen LogP contribution in [0.4, 0.5) is 0 Å². The number of fused-ring (bicyclic) bond motifs is 5. The molecule has 4 aliphatic carbocycles. The molecule has 12 unspecified atom stereocenters. The van der Waals surface area contributed by atoms with Gasteiger partial charge in [-0.05, 0) is 93.3 Å². The average molecular weight is 421 g/mol. The Labute approximate surface area is 180 Å². The lowest BCUT2D eigenvalue weighted by Crippen LogP contribution is -2.62. The largest absolute Gasteiger partial charge is 0.393 e. The van der Waals surface area contributed by atoms with Gasteiger partial charge in [-0.1, -0.05) is 25.5 Å². The third-order valence-corrected chi connectivity index (χ3v) is 10.5. The Morgan fingerprint density at radius 1 is 1.00 bits per heavy atom. The monoisotopic (exact) mass is 420 g/mol. The van der Waals surface area contributed by atoms with Crippen molar-refractivity contribution in [1.82, 2.24) is 0 Å². The zero-order valence-electron chi connectivity index (χ0n) is 18.7. The van der Waals surface area contributed by atoms with Gasteiger partial charge in [-0.2, -0.15) is 0 Å². The van der Waals surface area contributed by atoms with Crippen LogP contribution < -0.4 is 0 Å². The fourth-order valence-corrected chi connectivity index (χ4v) is 8.66. The van der Waals surface area contributed by atoms with Crippen molar-refractivity contribution in [1.29, 1.82) is 0 Å². The molecule has 30 heavy (non-hydrogen) atoms. The first-order valence-electron chi connectivity index (χ1n) is 12.2. The maximum atomic E-state index is 11.5. The first-order chi connectivity index (χ1) is 14.2. The van der Waals surface area contributed by atoms with Gasteiger partial charge in [-0.15, -0.1) is 0 Å². The van der Waals surface area contributed by atoms with Gasteiger partial charge >= 0.3 is 0 Å². The van der Waals surface area contributed by atoms with Crippen molar-refractivity contribution >= 4 is 0 Å². The van der Waals surface area contributed by atoms with Gasteiger partial charge in [0.05, 0.1) is 18.3 Å². The van der Waals surface area contributed by atoms with Crippen LogP contribution in [-0.2, 0) is 4.74 Å². The Balaban J connectivity index is 1.42. The average Bonchev–Trinajstić information content (AvgIpc) is 3.28. The Morgan fingerprint density at radius 2 is 1.73 bits per heavy atom. The summed E-state index contributed by atoms with van der Waals surface area (Å²) in [7, 11) is 0. The molecule has 0 radical (unpaired) electrons. The highest BCUT2D eigenvalue weighted by Crippen LogP contribution is 2.68. The van der Waals surface area contributed by atoms with E-state index in [0.717, 1.165) is 51.4 Å². The van der Waals surface area contributed by atoms with E-state index in [4.69, 9.17) is 4.74 Å². The highest BCUT2D eigenvalue weighted by molar-refractivity contribution is 5.20. The van der Waals surface area contributed by atoms with E-state index < -0.39 is 6.29 Å². The van der Waals surface area contributed by atoms with Crippen LogP contribution in [0.1, 0.15) is 72.1 Å². The second kappa shape index (κ2) is 7.28. The Kier molecular flexibility index (Phi) is 5.19. The lowest BCUT2D eigenvalue weighted by atomic mass is 9.43. The molecule has 0 aromatic rings. The van der Waals surface area contributed by atoms with E-state index in [0.29, 0.717) is 23.7 Å². The van der Waals surface area contributed by atoms with Crippen LogP contribution in [0.25, 0.3) is 0 Å². The first kappa shape index (κ1) is 21.4. The van der Waals surface area contributed by atoms with E-state index in [9.17, 15) is 20.4 Å². The summed E-state index contributed by atoms with van der Waals surface area (Å²) < 4.78 is 5.15. The minimum absolute atomic E-state index is 0.0654. The molecule has 170 valence electrons. The van der Waals surface area contributed by atoms with Crippen molar-refractivity contribution in [2.45, 2.75) is 103 Å². The van der Waals surface area contributed by atoms with E-state index in [2.05, 4.69) is 26.8 Å². The fraction of sp³-hybridized carbons (Fsp3) is 0.920. The van der Waals surface area contributed by atoms with E-state index in [-0.39, 0.29) is 41.2 Å². The molecule has 0 amide bonds. The molecule has 4 saturated carbocycles. The Hall–Kier alpha value is -0.460. The molecular weight excluding hydrogens is 380 g/mol. The summed E-state index contributed by atoms with van der Waals surface area (Å²) in [5.74, 6) is 1.60. The second-order valence-electron chi connectivity index (χ2n) is 11.7. The lowest BCUT2D eigenvalue weighted by Gasteiger charge is -2.63. The molecule has 12 atom stereocenters. The standard InChI is InChI=1S/C25H40O5/c1-13(4-7-20-23(29)30-20)16-5-6-17-22-18(12-21(28)25(16,17)3)24(2)9-8-15(26)10-14(24)11-19(22)27/h4,14-23,26-29H,5-12H2,1-3H3. The van der Waals surface area contributed by atoms with Crippen LogP contribution in [0.2, 0.25) is 0 Å². The maximum Gasteiger partial charge on any atom is 0.182 e. The van der Waals surface area contributed by atoms with Gasteiger partial charge in [0, 0.05) is 5.41 Å². The summed E-state index contributed by atoms with van der Waals surface area (Å²) in [5, 5.41) is 42.5. The number of hydrogen-bond donors (Lipinski definition) is 4. The van der Waals surface area contributed by atoms with Crippen LogP contribution in [0.5, 0.6) is 0 Å². The lowest BCUT2D eigenvalue weighted by molar-refractivity contribution is -0.202. The Morgan fingerprint density at radius 3 is 2.43 bits per heavy atom. The number of aliphatic hydroxyl groups excluding tert-OH is 4. The molecule has 5 fully saturated rings. The van der Waals surface area contributed by atoms with Gasteiger partial charge in [-0.25, -0.2) is 0 Å². The predicted molar refractivity (Wildman–Crippen MR) is 113 cm³/mol. The molecule has 5 aliphatic rings. The third-order valence-electron chi connectivity index (χ3n) is 10.5. The molecule has 5 rings (SSSR count). The molecule has 0 aromatic carbocycles. The highest BCUT2D eigenvalue weighted by atomic mass is 16.7. The van der Waals surface area contributed by atoms with Gasteiger partial charge in [0.15, 0.2) is 6.29 Å². The van der Waals surface area contributed by atoms with E-state index in [1.165, 1.54) is 5.57 Å². The van der Waals surface area contributed by atoms with Crippen molar-refractivity contribution in [2.24, 2.45) is 40.4 Å². The highest BCUT2D eigenvalue weighted by Gasteiger charge is 2.65. The summed E-state index contributed by atoms with van der Waals surface area (Å²) in [6, 6.07) is 0. The SMILES string of the molecule is CC(=CCC1OC1O)C1CCC2C3C(O)CC4CC(O)CCC4(C)C3CC(O)C12C. The predicted octanol–water partition coefficient (Wildman–Crippen LogP) is 3.00. The fourth-order valence-electron chi connectivity index (χ4n) is 8.66. The van der Waals surface area contributed by atoms with Crippen LogP contribution in [0.3, 0.4) is 0 Å².